The van der Waals surface area contributed by atoms with Gasteiger partial charge in [-0.05, 0) is 37.5 Å². The summed E-state index contributed by atoms with van der Waals surface area (Å²) in [5.74, 6) is -0.557. The Balaban J connectivity index is 5.18. The zero-order chi connectivity index (χ0) is 65.0. The van der Waals surface area contributed by atoms with E-state index in [0.29, 0.717) is 25.7 Å². The lowest BCUT2D eigenvalue weighted by atomic mass is 10.0. The van der Waals surface area contributed by atoms with Gasteiger partial charge in [-0.2, -0.15) is 0 Å². The lowest BCUT2D eigenvalue weighted by Gasteiger charge is -2.21. The van der Waals surface area contributed by atoms with Gasteiger partial charge in [0.15, 0.2) is 12.2 Å². The minimum absolute atomic E-state index is 0.105. The van der Waals surface area contributed by atoms with Crippen LogP contribution in [0.3, 0.4) is 0 Å². The number of phosphoric ester groups is 2. The molecule has 0 saturated heterocycles. The molecule has 0 aromatic rings. The third-order valence-electron chi connectivity index (χ3n) is 16.0. The van der Waals surface area contributed by atoms with Crippen molar-refractivity contribution in [3.63, 3.8) is 0 Å². The van der Waals surface area contributed by atoms with E-state index in [4.69, 9.17) is 37.0 Å². The van der Waals surface area contributed by atoms with Gasteiger partial charge in [0.05, 0.1) is 26.4 Å². The molecule has 0 aromatic heterocycles. The molecule has 0 bridgehead atoms. The Hall–Kier alpha value is -1.94. The largest absolute Gasteiger partial charge is 0.472 e. The summed E-state index contributed by atoms with van der Waals surface area (Å²) in [6, 6.07) is 0. The molecule has 0 aliphatic carbocycles. The monoisotopic (exact) mass is 1300 g/mol. The standard InChI is InChI=1S/C69H134O17P2/c1-7-9-11-13-15-26-35-41-47-53-68(73)85-64(57-79-66(71)51-45-39-31-14-12-10-8-2)59-83-87(75,76)81-55-63(70)56-82-88(77,78)84-60-65(58-80-67(72)52-46-40-34-29-25-21-23-28-33-38-44-50-62(5)6)86-69(74)54-48-42-36-30-24-20-18-16-17-19-22-27-32-37-43-49-61(3)4/h61-65,70H,7-60H2,1-6H3,(H,75,76)(H,77,78)/t63-,64+,65+/m0/s1. The molecule has 19 heteroatoms. The molecule has 0 spiro atoms. The highest BCUT2D eigenvalue weighted by Crippen LogP contribution is 2.45. The smallest absolute Gasteiger partial charge is 0.462 e. The Kier molecular flexibility index (Phi) is 59.9. The SMILES string of the molecule is CCCCCCCCCCCC(=O)O[C@H](COC(=O)CCCCCCCCC)COP(=O)(O)OC[C@H](O)COP(=O)(O)OC[C@@H](COC(=O)CCCCCCCCCCCCCC(C)C)OC(=O)CCCCCCCCCCCCCCCCCC(C)C. The molecule has 0 radical (unpaired) electrons. The number of carbonyl (C=O) groups is 4. The van der Waals surface area contributed by atoms with E-state index in [0.717, 1.165) is 115 Å². The lowest BCUT2D eigenvalue weighted by Crippen LogP contribution is -2.30. The average molecular weight is 1300 g/mol. The molecule has 5 atom stereocenters. The number of hydrogen-bond donors (Lipinski definition) is 3. The van der Waals surface area contributed by atoms with Crippen molar-refractivity contribution in [2.45, 2.75) is 368 Å². The number of aliphatic hydroxyl groups is 1. The van der Waals surface area contributed by atoms with Crippen molar-refractivity contribution in [1.29, 1.82) is 0 Å². The van der Waals surface area contributed by atoms with Crippen LogP contribution < -0.4 is 0 Å². The summed E-state index contributed by atoms with van der Waals surface area (Å²) in [6.45, 7) is 9.51. The second-order valence-corrected chi connectivity index (χ2v) is 28.8. The second kappa shape index (κ2) is 61.3. The third kappa shape index (κ3) is 62.8. The summed E-state index contributed by atoms with van der Waals surface area (Å²) in [6.07, 6.45) is 46.0. The van der Waals surface area contributed by atoms with Crippen molar-refractivity contribution in [3.8, 4) is 0 Å². The van der Waals surface area contributed by atoms with Crippen LogP contribution in [0.25, 0.3) is 0 Å². The summed E-state index contributed by atoms with van der Waals surface area (Å²) in [5, 5.41) is 10.6. The van der Waals surface area contributed by atoms with Gasteiger partial charge in [0, 0.05) is 25.7 Å². The Morgan fingerprint density at radius 3 is 0.773 bits per heavy atom. The number of aliphatic hydroxyl groups excluding tert-OH is 1. The highest BCUT2D eigenvalue weighted by Gasteiger charge is 2.30. The summed E-state index contributed by atoms with van der Waals surface area (Å²) in [5.41, 5.74) is 0. The summed E-state index contributed by atoms with van der Waals surface area (Å²) < 4.78 is 68.1. The molecule has 0 rings (SSSR count). The van der Waals surface area contributed by atoms with E-state index >= 15 is 0 Å². The van der Waals surface area contributed by atoms with E-state index in [1.54, 1.807) is 0 Å². The predicted octanol–water partition coefficient (Wildman–Crippen LogP) is 19.6. The van der Waals surface area contributed by atoms with Crippen LogP contribution in [0.2, 0.25) is 0 Å². The third-order valence-corrected chi connectivity index (χ3v) is 17.9. The molecular formula is C69H134O17P2. The number of rotatable bonds is 68. The zero-order valence-electron chi connectivity index (χ0n) is 57.0. The maximum Gasteiger partial charge on any atom is 0.472 e. The highest BCUT2D eigenvalue weighted by molar-refractivity contribution is 7.47. The molecule has 522 valence electrons. The molecule has 88 heavy (non-hydrogen) atoms. The predicted molar refractivity (Wildman–Crippen MR) is 354 cm³/mol. The fourth-order valence-electron chi connectivity index (χ4n) is 10.4. The van der Waals surface area contributed by atoms with Gasteiger partial charge in [0.25, 0.3) is 0 Å². The number of esters is 4. The first-order valence-electron chi connectivity index (χ1n) is 36.0. The van der Waals surface area contributed by atoms with E-state index in [2.05, 4.69) is 41.5 Å². The van der Waals surface area contributed by atoms with Crippen LogP contribution in [0, 0.1) is 11.8 Å². The van der Waals surface area contributed by atoms with E-state index in [9.17, 15) is 43.2 Å². The molecule has 0 fully saturated rings. The van der Waals surface area contributed by atoms with Crippen molar-refractivity contribution < 1.29 is 80.2 Å². The van der Waals surface area contributed by atoms with E-state index < -0.39 is 97.5 Å². The van der Waals surface area contributed by atoms with E-state index in [-0.39, 0.29) is 25.7 Å². The summed E-state index contributed by atoms with van der Waals surface area (Å²) in [4.78, 5) is 72.3. The minimum atomic E-state index is -4.95. The molecule has 3 N–H and O–H groups in total. The first kappa shape index (κ1) is 86.1. The first-order valence-corrected chi connectivity index (χ1v) is 39.0. The van der Waals surface area contributed by atoms with Gasteiger partial charge in [-0.15, -0.1) is 0 Å². The molecule has 0 aliphatic heterocycles. The number of unbranched alkanes of at least 4 members (excludes halogenated alkanes) is 38. The van der Waals surface area contributed by atoms with Gasteiger partial charge >= 0.3 is 39.5 Å². The minimum Gasteiger partial charge on any atom is -0.462 e. The molecule has 0 aliphatic rings. The van der Waals surface area contributed by atoms with Gasteiger partial charge in [-0.3, -0.25) is 37.3 Å². The maximum absolute atomic E-state index is 13.0. The summed E-state index contributed by atoms with van der Waals surface area (Å²) >= 11 is 0. The van der Waals surface area contributed by atoms with Gasteiger partial charge in [-0.25, -0.2) is 9.13 Å². The lowest BCUT2D eigenvalue weighted by molar-refractivity contribution is -0.161. The second-order valence-electron chi connectivity index (χ2n) is 25.9. The van der Waals surface area contributed by atoms with E-state index in [1.165, 1.54) is 154 Å². The van der Waals surface area contributed by atoms with Crippen molar-refractivity contribution in [2.24, 2.45) is 11.8 Å². The fraction of sp³-hybridized carbons (Fsp3) is 0.942. The van der Waals surface area contributed by atoms with Gasteiger partial charge in [0.1, 0.15) is 19.3 Å². The Morgan fingerprint density at radius 2 is 0.523 bits per heavy atom. The Morgan fingerprint density at radius 1 is 0.307 bits per heavy atom. The molecule has 17 nitrogen and oxygen atoms in total. The van der Waals surface area contributed by atoms with Crippen molar-refractivity contribution in [1.82, 2.24) is 0 Å². The topological polar surface area (TPSA) is 237 Å². The Labute approximate surface area is 537 Å². The van der Waals surface area contributed by atoms with E-state index in [1.807, 2.05) is 0 Å². The van der Waals surface area contributed by atoms with Crippen LogP contribution in [0.5, 0.6) is 0 Å². The normalized spacial score (nSPS) is 14.2. The number of ether oxygens (including phenoxy) is 4. The van der Waals surface area contributed by atoms with Crippen LogP contribution in [0.4, 0.5) is 0 Å². The average Bonchev–Trinajstić information content (AvgIpc) is 3.70. The number of hydrogen-bond acceptors (Lipinski definition) is 15. The Bertz CT molecular complexity index is 1720. The molecule has 0 heterocycles. The van der Waals surface area contributed by atoms with Gasteiger partial charge in [0.2, 0.25) is 0 Å². The number of phosphoric acid groups is 2. The molecule has 2 unspecified atom stereocenters. The van der Waals surface area contributed by atoms with Crippen LogP contribution in [0.15, 0.2) is 0 Å². The molecule has 0 saturated carbocycles. The quantitative estimate of drug-likeness (QED) is 0.0222. The number of carbonyl (C=O) groups excluding carboxylic acids is 4. The van der Waals surface area contributed by atoms with Crippen LogP contribution >= 0.6 is 15.6 Å². The zero-order valence-corrected chi connectivity index (χ0v) is 58.8. The van der Waals surface area contributed by atoms with Gasteiger partial charge in [-0.1, -0.05) is 298 Å². The van der Waals surface area contributed by atoms with Crippen molar-refractivity contribution >= 4 is 39.5 Å². The molecule has 0 aromatic carbocycles. The van der Waals surface area contributed by atoms with Gasteiger partial charge < -0.3 is 33.8 Å². The summed E-state index contributed by atoms with van der Waals surface area (Å²) in [7, 11) is -9.89. The molecular weight excluding hydrogens is 1160 g/mol. The maximum atomic E-state index is 13.0. The van der Waals surface area contributed by atoms with Crippen LogP contribution in [-0.4, -0.2) is 96.7 Å². The first-order chi connectivity index (χ1) is 42.4. The van der Waals surface area contributed by atoms with Crippen LogP contribution in [0.1, 0.15) is 350 Å². The van der Waals surface area contributed by atoms with Crippen molar-refractivity contribution in [2.75, 3.05) is 39.6 Å². The molecule has 0 amide bonds. The van der Waals surface area contributed by atoms with Crippen molar-refractivity contribution in [3.05, 3.63) is 0 Å². The highest BCUT2D eigenvalue weighted by atomic mass is 31.2. The fourth-order valence-corrected chi connectivity index (χ4v) is 12.0. The van der Waals surface area contributed by atoms with Crippen LogP contribution in [-0.2, 0) is 65.4 Å².